The molecule has 0 aromatic heterocycles. The summed E-state index contributed by atoms with van der Waals surface area (Å²) in [6, 6.07) is 3.99. The first-order valence-electron chi connectivity index (χ1n) is 6.63. The van der Waals surface area contributed by atoms with E-state index in [1.807, 2.05) is 0 Å². The molecule has 6 heteroatoms. The molecular weight excluding hydrogens is 299 g/mol. The second kappa shape index (κ2) is 8.47. The van der Waals surface area contributed by atoms with Crippen molar-refractivity contribution in [1.29, 1.82) is 0 Å². The number of aliphatic carboxylic acids is 1. The first kappa shape index (κ1) is 17.2. The average molecular weight is 319 g/mol. The Hall–Kier alpha value is -0.810. The molecule has 0 bridgehead atoms. The third-order valence-corrected chi connectivity index (χ3v) is 3.77. The lowest BCUT2D eigenvalue weighted by atomic mass is 10.1. The molecular formula is C14H20Cl2N2O2. The Morgan fingerprint density at radius 2 is 2.00 bits per heavy atom. The van der Waals surface area contributed by atoms with Gasteiger partial charge in [0.2, 0.25) is 0 Å². The van der Waals surface area contributed by atoms with Crippen molar-refractivity contribution in [2.24, 2.45) is 0 Å². The second-order valence-corrected chi connectivity index (χ2v) is 5.26. The maximum absolute atomic E-state index is 11.4. The van der Waals surface area contributed by atoms with Crippen LogP contribution in [0.15, 0.2) is 18.2 Å². The molecule has 0 radical (unpaired) electrons. The van der Waals surface area contributed by atoms with Gasteiger partial charge in [-0.3, -0.25) is 10.1 Å². The minimum absolute atomic E-state index is 0.400. The van der Waals surface area contributed by atoms with Crippen molar-refractivity contribution in [3.8, 4) is 0 Å². The van der Waals surface area contributed by atoms with Gasteiger partial charge < -0.3 is 10.0 Å². The quantitative estimate of drug-likeness (QED) is 0.773. The Balaban J connectivity index is 2.75. The lowest BCUT2D eigenvalue weighted by Crippen LogP contribution is -2.36. The lowest BCUT2D eigenvalue weighted by molar-refractivity contribution is -0.139. The van der Waals surface area contributed by atoms with Gasteiger partial charge in [-0.1, -0.05) is 37.0 Å². The summed E-state index contributed by atoms with van der Waals surface area (Å²) >= 11 is 12.0. The summed E-state index contributed by atoms with van der Waals surface area (Å²) in [5.74, 6) is -0.964. The van der Waals surface area contributed by atoms with Gasteiger partial charge in [0.25, 0.3) is 0 Å². The summed E-state index contributed by atoms with van der Waals surface area (Å²) in [4.78, 5) is 13.6. The first-order valence-corrected chi connectivity index (χ1v) is 7.38. The Morgan fingerprint density at radius 3 is 2.55 bits per heavy atom. The SMILES string of the molecule is CCN(CC)CCNC(C(=O)O)c1cc(Cl)ccc1Cl. The van der Waals surface area contributed by atoms with Crippen LogP contribution in [-0.2, 0) is 4.79 Å². The molecule has 0 spiro atoms. The zero-order chi connectivity index (χ0) is 15.1. The van der Waals surface area contributed by atoms with Gasteiger partial charge in [-0.05, 0) is 31.3 Å². The highest BCUT2D eigenvalue weighted by atomic mass is 35.5. The maximum Gasteiger partial charge on any atom is 0.325 e. The van der Waals surface area contributed by atoms with Crippen LogP contribution in [-0.4, -0.2) is 42.2 Å². The van der Waals surface area contributed by atoms with E-state index in [1.54, 1.807) is 18.2 Å². The van der Waals surface area contributed by atoms with Crippen LogP contribution in [0, 0.1) is 0 Å². The minimum atomic E-state index is -0.964. The smallest absolute Gasteiger partial charge is 0.325 e. The fourth-order valence-electron chi connectivity index (χ4n) is 1.97. The predicted molar refractivity (Wildman–Crippen MR) is 82.6 cm³/mol. The maximum atomic E-state index is 11.4. The molecule has 0 saturated carbocycles. The van der Waals surface area contributed by atoms with Gasteiger partial charge in [-0.2, -0.15) is 0 Å². The molecule has 1 unspecified atom stereocenters. The topological polar surface area (TPSA) is 52.6 Å². The fraction of sp³-hybridized carbons (Fsp3) is 0.500. The number of benzene rings is 1. The van der Waals surface area contributed by atoms with Gasteiger partial charge in [0.05, 0.1) is 0 Å². The summed E-state index contributed by atoms with van der Waals surface area (Å²) in [7, 11) is 0. The van der Waals surface area contributed by atoms with Crippen LogP contribution in [0.25, 0.3) is 0 Å². The number of likely N-dealkylation sites (N-methyl/N-ethyl adjacent to an activating group) is 1. The summed E-state index contributed by atoms with van der Waals surface area (Å²) in [5.41, 5.74) is 0.492. The number of hydrogen-bond donors (Lipinski definition) is 2. The molecule has 0 fully saturated rings. The molecule has 0 aliphatic heterocycles. The summed E-state index contributed by atoms with van der Waals surface area (Å²) in [5, 5.41) is 13.2. The number of nitrogens with one attached hydrogen (secondary N) is 1. The lowest BCUT2D eigenvalue weighted by Gasteiger charge is -2.21. The van der Waals surface area contributed by atoms with Crippen LogP contribution < -0.4 is 5.32 Å². The molecule has 1 atom stereocenters. The van der Waals surface area contributed by atoms with E-state index in [-0.39, 0.29) is 0 Å². The van der Waals surface area contributed by atoms with Crippen molar-refractivity contribution in [2.75, 3.05) is 26.2 Å². The zero-order valence-electron chi connectivity index (χ0n) is 11.7. The van der Waals surface area contributed by atoms with E-state index in [1.165, 1.54) is 0 Å². The molecule has 112 valence electrons. The molecule has 0 aliphatic rings. The molecule has 2 N–H and O–H groups in total. The van der Waals surface area contributed by atoms with Gasteiger partial charge in [0.15, 0.2) is 0 Å². The van der Waals surface area contributed by atoms with Crippen LogP contribution in [0.1, 0.15) is 25.5 Å². The number of hydrogen-bond acceptors (Lipinski definition) is 3. The Morgan fingerprint density at radius 1 is 1.35 bits per heavy atom. The van der Waals surface area contributed by atoms with Gasteiger partial charge >= 0.3 is 5.97 Å². The van der Waals surface area contributed by atoms with E-state index in [0.717, 1.165) is 19.6 Å². The third-order valence-electron chi connectivity index (χ3n) is 3.19. The van der Waals surface area contributed by atoms with Crippen molar-refractivity contribution < 1.29 is 9.90 Å². The number of carboxylic acid groups (broad SMARTS) is 1. The Bertz CT molecular complexity index is 451. The monoisotopic (exact) mass is 318 g/mol. The normalized spacial score (nSPS) is 12.7. The second-order valence-electron chi connectivity index (χ2n) is 4.42. The molecule has 20 heavy (non-hydrogen) atoms. The molecule has 4 nitrogen and oxygen atoms in total. The van der Waals surface area contributed by atoms with Crippen molar-refractivity contribution in [2.45, 2.75) is 19.9 Å². The summed E-state index contributed by atoms with van der Waals surface area (Å²) in [6.07, 6.45) is 0. The highest BCUT2D eigenvalue weighted by Gasteiger charge is 2.22. The summed E-state index contributed by atoms with van der Waals surface area (Å²) < 4.78 is 0. The van der Waals surface area contributed by atoms with Crippen LogP contribution in [0.3, 0.4) is 0 Å². The van der Waals surface area contributed by atoms with Crippen LogP contribution in [0.2, 0.25) is 10.0 Å². The highest BCUT2D eigenvalue weighted by Crippen LogP contribution is 2.26. The van der Waals surface area contributed by atoms with Gasteiger partial charge in [-0.15, -0.1) is 0 Å². The Kier molecular flexibility index (Phi) is 7.30. The van der Waals surface area contributed by atoms with E-state index in [9.17, 15) is 9.90 Å². The van der Waals surface area contributed by atoms with Crippen LogP contribution in [0.4, 0.5) is 0 Å². The van der Waals surface area contributed by atoms with E-state index in [4.69, 9.17) is 23.2 Å². The zero-order valence-corrected chi connectivity index (χ0v) is 13.2. The average Bonchev–Trinajstić information content (AvgIpc) is 2.42. The molecule has 1 rings (SSSR count). The fourth-order valence-corrected chi connectivity index (χ4v) is 2.38. The van der Waals surface area contributed by atoms with E-state index in [2.05, 4.69) is 24.1 Å². The molecule has 0 amide bonds. The standard InChI is InChI=1S/C14H20Cl2N2O2/c1-3-18(4-2)8-7-17-13(14(19)20)11-9-10(15)5-6-12(11)16/h5-6,9,13,17H,3-4,7-8H2,1-2H3,(H,19,20). The summed E-state index contributed by atoms with van der Waals surface area (Å²) in [6.45, 7) is 7.39. The highest BCUT2D eigenvalue weighted by molar-refractivity contribution is 6.33. The van der Waals surface area contributed by atoms with Gasteiger partial charge in [0.1, 0.15) is 6.04 Å². The first-order chi connectivity index (χ1) is 9.49. The van der Waals surface area contributed by atoms with E-state index >= 15 is 0 Å². The largest absolute Gasteiger partial charge is 0.480 e. The Labute approximate surface area is 129 Å². The number of halogens is 2. The number of nitrogens with zero attached hydrogens (tertiary/aromatic N) is 1. The van der Waals surface area contributed by atoms with E-state index in [0.29, 0.717) is 22.2 Å². The molecule has 1 aromatic rings. The van der Waals surface area contributed by atoms with Gasteiger partial charge in [-0.25, -0.2) is 0 Å². The van der Waals surface area contributed by atoms with Crippen LogP contribution in [0.5, 0.6) is 0 Å². The van der Waals surface area contributed by atoms with Gasteiger partial charge in [0, 0.05) is 28.7 Å². The van der Waals surface area contributed by atoms with E-state index < -0.39 is 12.0 Å². The number of rotatable bonds is 8. The van der Waals surface area contributed by atoms with Crippen molar-refractivity contribution >= 4 is 29.2 Å². The molecule has 0 heterocycles. The van der Waals surface area contributed by atoms with Crippen molar-refractivity contribution in [1.82, 2.24) is 10.2 Å². The molecule has 0 saturated heterocycles. The van der Waals surface area contributed by atoms with Crippen molar-refractivity contribution in [3.05, 3.63) is 33.8 Å². The molecule has 0 aliphatic carbocycles. The van der Waals surface area contributed by atoms with Crippen LogP contribution >= 0.6 is 23.2 Å². The minimum Gasteiger partial charge on any atom is -0.480 e. The predicted octanol–water partition coefficient (Wildman–Crippen LogP) is 3.05. The third kappa shape index (κ3) is 4.94. The number of carboxylic acids is 1. The molecule has 1 aromatic carbocycles. The van der Waals surface area contributed by atoms with Crippen molar-refractivity contribution in [3.63, 3.8) is 0 Å². The number of carbonyl (C=O) groups is 1.